The van der Waals surface area contributed by atoms with Crippen LogP contribution in [-0.2, 0) is 0 Å². The number of rotatable bonds is 2. The second-order valence-electron chi connectivity index (χ2n) is 4.00. The molecule has 0 radical (unpaired) electrons. The number of phenolic OH excluding ortho intramolecular Hbond substituents is 1. The molecule has 0 aliphatic rings. The molecule has 0 fully saturated rings. The van der Waals surface area contributed by atoms with Crippen molar-refractivity contribution in [3.63, 3.8) is 0 Å². The molecule has 0 spiro atoms. The smallest absolute Gasteiger partial charge is 0.274 e. The van der Waals surface area contributed by atoms with E-state index in [2.05, 4.69) is 10.3 Å². The lowest BCUT2D eigenvalue weighted by atomic mass is 10.2. The first kappa shape index (κ1) is 12.6. The molecule has 2 rings (SSSR count). The minimum Gasteiger partial charge on any atom is -0.508 e. The van der Waals surface area contributed by atoms with E-state index in [9.17, 15) is 9.90 Å². The Balaban J connectivity index is 2.16. The van der Waals surface area contributed by atoms with Crippen molar-refractivity contribution >= 4 is 11.6 Å². The monoisotopic (exact) mass is 253 g/mol. The number of phenols is 1. The van der Waals surface area contributed by atoms with Gasteiger partial charge in [0, 0.05) is 18.0 Å². The molecule has 5 heteroatoms. The first-order valence-corrected chi connectivity index (χ1v) is 5.57. The van der Waals surface area contributed by atoms with Gasteiger partial charge < -0.3 is 10.4 Å². The molecule has 0 saturated carbocycles. The Bertz CT molecular complexity index is 657. The fraction of sp³-hybridized carbons (Fsp3) is 0.0714. The molecule has 0 atom stereocenters. The summed E-state index contributed by atoms with van der Waals surface area (Å²) in [7, 11) is 0. The molecule has 1 amide bonds. The van der Waals surface area contributed by atoms with Crippen LogP contribution in [-0.4, -0.2) is 16.0 Å². The van der Waals surface area contributed by atoms with Gasteiger partial charge in [0.2, 0.25) is 0 Å². The van der Waals surface area contributed by atoms with E-state index in [0.29, 0.717) is 11.3 Å². The molecular weight excluding hydrogens is 242 g/mol. The largest absolute Gasteiger partial charge is 0.508 e. The standard InChI is InChI=1S/C14H11N3O2/c1-9-2-4-11(6-13(9)18)17-14(19)12-5-3-10(7-15)8-16-12/h2-6,8,18H,1H3,(H,17,19). The molecule has 94 valence electrons. The lowest BCUT2D eigenvalue weighted by Crippen LogP contribution is -2.13. The van der Waals surface area contributed by atoms with Gasteiger partial charge in [-0.15, -0.1) is 0 Å². The fourth-order valence-corrected chi connectivity index (χ4v) is 1.48. The van der Waals surface area contributed by atoms with Crippen molar-refractivity contribution in [3.8, 4) is 11.8 Å². The van der Waals surface area contributed by atoms with E-state index < -0.39 is 5.91 Å². The number of nitrogens with one attached hydrogen (secondary N) is 1. The number of pyridine rings is 1. The van der Waals surface area contributed by atoms with Gasteiger partial charge in [0.05, 0.1) is 5.56 Å². The van der Waals surface area contributed by atoms with E-state index in [-0.39, 0.29) is 11.4 Å². The van der Waals surface area contributed by atoms with Crippen molar-refractivity contribution in [1.82, 2.24) is 4.98 Å². The second kappa shape index (κ2) is 5.19. The minimum absolute atomic E-state index is 0.116. The first-order valence-electron chi connectivity index (χ1n) is 5.57. The minimum atomic E-state index is -0.396. The van der Waals surface area contributed by atoms with E-state index in [1.165, 1.54) is 24.4 Å². The number of amides is 1. The van der Waals surface area contributed by atoms with E-state index in [1.54, 1.807) is 19.1 Å². The van der Waals surface area contributed by atoms with Crippen molar-refractivity contribution in [2.75, 3.05) is 5.32 Å². The number of aromatic nitrogens is 1. The van der Waals surface area contributed by atoms with Crippen LogP contribution in [0.2, 0.25) is 0 Å². The van der Waals surface area contributed by atoms with Gasteiger partial charge in [-0.3, -0.25) is 4.79 Å². The zero-order valence-electron chi connectivity index (χ0n) is 10.2. The van der Waals surface area contributed by atoms with Crippen molar-refractivity contribution in [3.05, 3.63) is 53.3 Å². The van der Waals surface area contributed by atoms with Crippen LogP contribution in [0.25, 0.3) is 0 Å². The Morgan fingerprint density at radius 1 is 1.37 bits per heavy atom. The molecule has 5 nitrogen and oxygen atoms in total. The highest BCUT2D eigenvalue weighted by Crippen LogP contribution is 2.21. The Hall–Kier alpha value is -2.87. The predicted molar refractivity (Wildman–Crippen MR) is 69.7 cm³/mol. The first-order chi connectivity index (χ1) is 9.10. The summed E-state index contributed by atoms with van der Waals surface area (Å²) in [4.78, 5) is 15.8. The van der Waals surface area contributed by atoms with Crippen LogP contribution in [0.1, 0.15) is 21.6 Å². The Labute approximate surface area is 110 Å². The number of aryl methyl sites for hydroxylation is 1. The number of carbonyl (C=O) groups excluding carboxylic acids is 1. The van der Waals surface area contributed by atoms with E-state index in [0.717, 1.165) is 5.56 Å². The molecule has 0 saturated heterocycles. The number of aromatic hydroxyl groups is 1. The normalized spacial score (nSPS) is 9.68. The van der Waals surface area contributed by atoms with Gasteiger partial charge in [-0.25, -0.2) is 4.98 Å². The van der Waals surface area contributed by atoms with Crippen molar-refractivity contribution < 1.29 is 9.90 Å². The van der Waals surface area contributed by atoms with Crippen molar-refractivity contribution in [1.29, 1.82) is 5.26 Å². The van der Waals surface area contributed by atoms with Gasteiger partial charge in [0.25, 0.3) is 5.91 Å². The number of benzene rings is 1. The average Bonchev–Trinajstić information content (AvgIpc) is 2.43. The maximum atomic E-state index is 11.9. The van der Waals surface area contributed by atoms with Gasteiger partial charge in [-0.2, -0.15) is 5.26 Å². The third kappa shape index (κ3) is 2.87. The average molecular weight is 253 g/mol. The number of nitriles is 1. The van der Waals surface area contributed by atoms with Gasteiger partial charge in [-0.05, 0) is 30.7 Å². The number of nitrogens with zero attached hydrogens (tertiary/aromatic N) is 2. The van der Waals surface area contributed by atoms with Crippen LogP contribution >= 0.6 is 0 Å². The van der Waals surface area contributed by atoms with E-state index in [1.807, 2.05) is 6.07 Å². The molecule has 0 unspecified atom stereocenters. The molecule has 2 aromatic rings. The third-order valence-corrected chi connectivity index (χ3v) is 2.59. The SMILES string of the molecule is Cc1ccc(NC(=O)c2ccc(C#N)cn2)cc1O. The summed E-state index contributed by atoms with van der Waals surface area (Å²) in [6, 6.07) is 9.79. The van der Waals surface area contributed by atoms with Gasteiger partial charge in [0.1, 0.15) is 17.5 Å². The summed E-state index contributed by atoms with van der Waals surface area (Å²) >= 11 is 0. The molecular formula is C14H11N3O2. The topological polar surface area (TPSA) is 86.0 Å². The molecule has 1 heterocycles. The molecule has 0 aliphatic carbocycles. The quantitative estimate of drug-likeness (QED) is 0.859. The highest BCUT2D eigenvalue weighted by molar-refractivity contribution is 6.02. The summed E-state index contributed by atoms with van der Waals surface area (Å²) in [5.41, 5.74) is 1.82. The highest BCUT2D eigenvalue weighted by atomic mass is 16.3. The molecule has 2 N–H and O–H groups in total. The van der Waals surface area contributed by atoms with Crippen LogP contribution in [0.5, 0.6) is 5.75 Å². The summed E-state index contributed by atoms with van der Waals surface area (Å²) in [5, 5.41) is 20.8. The zero-order valence-corrected chi connectivity index (χ0v) is 10.2. The predicted octanol–water partition coefficient (Wildman–Crippen LogP) is 2.22. The van der Waals surface area contributed by atoms with Gasteiger partial charge in [-0.1, -0.05) is 6.07 Å². The Morgan fingerprint density at radius 2 is 2.16 bits per heavy atom. The van der Waals surface area contributed by atoms with Gasteiger partial charge >= 0.3 is 0 Å². The lowest BCUT2D eigenvalue weighted by molar-refractivity contribution is 0.102. The van der Waals surface area contributed by atoms with Crippen LogP contribution in [0.15, 0.2) is 36.5 Å². The van der Waals surface area contributed by atoms with Gasteiger partial charge in [0.15, 0.2) is 0 Å². The van der Waals surface area contributed by atoms with Crippen LogP contribution in [0.3, 0.4) is 0 Å². The van der Waals surface area contributed by atoms with Crippen LogP contribution in [0.4, 0.5) is 5.69 Å². The van der Waals surface area contributed by atoms with Crippen LogP contribution in [0, 0.1) is 18.3 Å². The maximum Gasteiger partial charge on any atom is 0.274 e. The maximum absolute atomic E-state index is 11.9. The van der Waals surface area contributed by atoms with E-state index >= 15 is 0 Å². The number of hydrogen-bond acceptors (Lipinski definition) is 4. The molecule has 0 aliphatic heterocycles. The highest BCUT2D eigenvalue weighted by Gasteiger charge is 2.08. The summed E-state index contributed by atoms with van der Waals surface area (Å²) in [6.07, 6.45) is 1.33. The fourth-order valence-electron chi connectivity index (χ4n) is 1.48. The molecule has 19 heavy (non-hydrogen) atoms. The zero-order chi connectivity index (χ0) is 13.8. The third-order valence-electron chi connectivity index (χ3n) is 2.59. The molecule has 0 bridgehead atoms. The molecule has 1 aromatic carbocycles. The van der Waals surface area contributed by atoms with Crippen molar-refractivity contribution in [2.45, 2.75) is 6.92 Å². The summed E-state index contributed by atoms with van der Waals surface area (Å²) in [6.45, 7) is 1.77. The number of hydrogen-bond donors (Lipinski definition) is 2. The number of anilines is 1. The lowest BCUT2D eigenvalue weighted by Gasteiger charge is -2.06. The Morgan fingerprint density at radius 3 is 2.74 bits per heavy atom. The molecule has 1 aromatic heterocycles. The van der Waals surface area contributed by atoms with Crippen LogP contribution < -0.4 is 5.32 Å². The second-order valence-corrected chi connectivity index (χ2v) is 4.00. The van der Waals surface area contributed by atoms with E-state index in [4.69, 9.17) is 5.26 Å². The number of carbonyl (C=O) groups is 1. The Kier molecular flexibility index (Phi) is 3.44. The summed E-state index contributed by atoms with van der Waals surface area (Å²) in [5.74, 6) is -0.279. The summed E-state index contributed by atoms with van der Waals surface area (Å²) < 4.78 is 0. The van der Waals surface area contributed by atoms with Crippen molar-refractivity contribution in [2.24, 2.45) is 0 Å².